The quantitative estimate of drug-likeness (QED) is 0.789. The summed E-state index contributed by atoms with van der Waals surface area (Å²) in [6.45, 7) is 7.29. The minimum Gasteiger partial charge on any atom is -0.465 e. The van der Waals surface area contributed by atoms with Crippen LogP contribution in [0.25, 0.3) is 11.1 Å². The normalized spacial score (nSPS) is 13.9. The number of esters is 1. The monoisotopic (exact) mass is 388 g/mol. The van der Waals surface area contributed by atoms with Crippen molar-refractivity contribution in [2.24, 2.45) is 5.41 Å². The second-order valence-corrected chi connectivity index (χ2v) is 8.22. The van der Waals surface area contributed by atoms with Gasteiger partial charge in [0, 0.05) is 24.8 Å². The van der Waals surface area contributed by atoms with E-state index in [4.69, 9.17) is 4.74 Å². The Labute approximate surface area is 163 Å². The van der Waals surface area contributed by atoms with Crippen molar-refractivity contribution in [2.45, 2.75) is 40.3 Å². The number of carbonyl (C=O) groups is 2. The Hall–Kier alpha value is -2.83. The highest BCUT2D eigenvalue weighted by Gasteiger charge is 2.30. The predicted octanol–water partition coefficient (Wildman–Crippen LogP) is 4.38. The molecule has 0 unspecified atom stereocenters. The predicted molar refractivity (Wildman–Crippen MR) is 103 cm³/mol. The maximum absolute atomic E-state index is 13.8. The number of amides is 1. The lowest BCUT2D eigenvalue weighted by molar-refractivity contribution is 0.0461. The van der Waals surface area contributed by atoms with E-state index in [1.54, 1.807) is 18.3 Å². The Morgan fingerprint density at radius 3 is 2.64 bits per heavy atom. The maximum atomic E-state index is 13.8. The molecule has 0 fully saturated rings. The molecule has 0 saturated carbocycles. The van der Waals surface area contributed by atoms with Crippen LogP contribution >= 0.6 is 0 Å². The van der Waals surface area contributed by atoms with Gasteiger partial charge >= 0.3 is 12.1 Å². The molecule has 1 aliphatic rings. The molecule has 0 saturated heterocycles. The van der Waals surface area contributed by atoms with Gasteiger partial charge in [-0.2, -0.15) is 0 Å². The molecule has 28 heavy (non-hydrogen) atoms. The number of fused-ring (bicyclic) bond motifs is 1. The van der Waals surface area contributed by atoms with Gasteiger partial charge in [0.1, 0.15) is 5.82 Å². The molecule has 2 aromatic rings. The van der Waals surface area contributed by atoms with Crippen LogP contribution in [0.4, 0.5) is 9.18 Å². The molecule has 150 valence electrons. The second-order valence-electron chi connectivity index (χ2n) is 8.22. The minimum absolute atomic E-state index is 0.0198. The molecule has 1 aromatic carbocycles. The molecule has 1 aromatic heterocycles. The summed E-state index contributed by atoms with van der Waals surface area (Å²) >= 11 is 0. The Kier molecular flexibility index (Phi) is 5.45. The molecular formula is C21H25FN2O4. The Morgan fingerprint density at radius 2 is 2.00 bits per heavy atom. The first kappa shape index (κ1) is 19.9. The van der Waals surface area contributed by atoms with Gasteiger partial charge in [-0.25, -0.2) is 14.0 Å². The van der Waals surface area contributed by atoms with Crippen LogP contribution in [-0.2, 0) is 17.8 Å². The van der Waals surface area contributed by atoms with Crippen LogP contribution in [0.3, 0.4) is 0 Å². The van der Waals surface area contributed by atoms with Crippen LogP contribution in [0.15, 0.2) is 30.5 Å². The van der Waals surface area contributed by atoms with Crippen molar-refractivity contribution >= 4 is 12.1 Å². The highest BCUT2D eigenvalue weighted by Crippen LogP contribution is 2.32. The third-order valence-corrected chi connectivity index (χ3v) is 4.84. The van der Waals surface area contributed by atoms with Gasteiger partial charge in [0.05, 0.1) is 24.4 Å². The van der Waals surface area contributed by atoms with E-state index >= 15 is 0 Å². The van der Waals surface area contributed by atoms with E-state index in [0.29, 0.717) is 41.9 Å². The average Bonchev–Trinajstić information content (AvgIpc) is 2.99. The van der Waals surface area contributed by atoms with Crippen LogP contribution in [0, 0.1) is 11.2 Å². The van der Waals surface area contributed by atoms with Crippen molar-refractivity contribution in [1.82, 2.24) is 9.47 Å². The number of benzene rings is 1. The molecular weight excluding hydrogens is 363 g/mol. The molecule has 7 heteroatoms. The van der Waals surface area contributed by atoms with Crippen molar-refractivity contribution in [3.63, 3.8) is 0 Å². The average molecular weight is 388 g/mol. The fourth-order valence-electron chi connectivity index (χ4n) is 3.24. The van der Waals surface area contributed by atoms with Crippen molar-refractivity contribution in [2.75, 3.05) is 13.2 Å². The van der Waals surface area contributed by atoms with Crippen LogP contribution < -0.4 is 0 Å². The molecule has 0 radical (unpaired) electrons. The van der Waals surface area contributed by atoms with Crippen LogP contribution in [0.5, 0.6) is 0 Å². The van der Waals surface area contributed by atoms with Crippen molar-refractivity contribution < 1.29 is 23.8 Å². The van der Waals surface area contributed by atoms with Gasteiger partial charge < -0.3 is 19.3 Å². The van der Waals surface area contributed by atoms with Crippen LogP contribution in [0.1, 0.15) is 43.2 Å². The Balaban J connectivity index is 1.98. The van der Waals surface area contributed by atoms with E-state index in [9.17, 15) is 19.1 Å². The smallest absolute Gasteiger partial charge is 0.407 e. The summed E-state index contributed by atoms with van der Waals surface area (Å²) < 4.78 is 21.1. The Bertz CT molecular complexity index is 898. The second kappa shape index (κ2) is 7.66. The minimum atomic E-state index is -1.04. The lowest BCUT2D eigenvalue weighted by atomic mass is 9.93. The molecule has 0 bridgehead atoms. The van der Waals surface area contributed by atoms with E-state index in [0.717, 1.165) is 0 Å². The third-order valence-electron chi connectivity index (χ3n) is 4.84. The molecule has 0 spiro atoms. The topological polar surface area (TPSA) is 71.8 Å². The van der Waals surface area contributed by atoms with E-state index in [-0.39, 0.29) is 18.6 Å². The molecule has 1 aliphatic heterocycles. The lowest BCUT2D eigenvalue weighted by Crippen LogP contribution is -2.37. The molecule has 0 aliphatic carbocycles. The van der Waals surface area contributed by atoms with E-state index in [2.05, 4.69) is 20.8 Å². The number of hydrogen-bond acceptors (Lipinski definition) is 3. The number of rotatable bonds is 4. The van der Waals surface area contributed by atoms with E-state index in [1.807, 2.05) is 4.57 Å². The number of ether oxygens (including phenoxy) is 1. The number of nitrogens with zero attached hydrogens (tertiary/aromatic N) is 2. The summed E-state index contributed by atoms with van der Waals surface area (Å²) in [5.74, 6) is -0.912. The largest absolute Gasteiger partial charge is 0.465 e. The highest BCUT2D eigenvalue weighted by atomic mass is 19.1. The number of carboxylic acid groups (broad SMARTS) is 1. The van der Waals surface area contributed by atoms with E-state index in [1.165, 1.54) is 17.0 Å². The zero-order valence-corrected chi connectivity index (χ0v) is 16.4. The Morgan fingerprint density at radius 1 is 1.25 bits per heavy atom. The zero-order chi connectivity index (χ0) is 20.5. The number of carbonyl (C=O) groups excluding carboxylic acids is 1. The maximum Gasteiger partial charge on any atom is 0.407 e. The summed E-state index contributed by atoms with van der Waals surface area (Å²) in [6.07, 6.45) is 1.45. The van der Waals surface area contributed by atoms with Gasteiger partial charge in [0.15, 0.2) is 0 Å². The fourth-order valence-corrected chi connectivity index (χ4v) is 3.24. The van der Waals surface area contributed by atoms with Gasteiger partial charge in [-0.15, -0.1) is 0 Å². The summed E-state index contributed by atoms with van der Waals surface area (Å²) in [6, 6.07) is 6.01. The van der Waals surface area contributed by atoms with E-state index < -0.39 is 17.9 Å². The van der Waals surface area contributed by atoms with Crippen LogP contribution in [0.2, 0.25) is 0 Å². The van der Waals surface area contributed by atoms with Gasteiger partial charge in [-0.3, -0.25) is 0 Å². The standard InChI is InChI=1S/C21H25FN2O4/c1-21(2,3)7-10-28-19(25)18-16(14-5-4-6-15(22)11-14)12-23-8-9-24(20(26)27)13-17(18)23/h4-6,11-12H,7-10,13H2,1-3H3,(H,26,27). The first-order valence-electron chi connectivity index (χ1n) is 9.28. The number of hydrogen-bond donors (Lipinski definition) is 1. The molecule has 0 atom stereocenters. The van der Waals surface area contributed by atoms with Crippen LogP contribution in [-0.4, -0.2) is 39.8 Å². The van der Waals surface area contributed by atoms with Gasteiger partial charge in [0.25, 0.3) is 0 Å². The summed E-state index contributed by atoms with van der Waals surface area (Å²) in [5.41, 5.74) is 2.03. The molecule has 6 nitrogen and oxygen atoms in total. The van der Waals surface area contributed by atoms with Gasteiger partial charge in [-0.1, -0.05) is 32.9 Å². The molecule has 3 rings (SSSR count). The molecule has 2 heterocycles. The number of halogens is 1. The zero-order valence-electron chi connectivity index (χ0n) is 16.4. The SMILES string of the molecule is CC(C)(C)CCOC(=O)c1c(-c2cccc(F)c2)cn2c1CN(C(=O)O)CC2. The van der Waals surface area contributed by atoms with Gasteiger partial charge in [0.2, 0.25) is 0 Å². The summed E-state index contributed by atoms with van der Waals surface area (Å²) in [4.78, 5) is 25.6. The first-order valence-corrected chi connectivity index (χ1v) is 9.28. The summed E-state index contributed by atoms with van der Waals surface area (Å²) in [7, 11) is 0. The van der Waals surface area contributed by atoms with Crippen molar-refractivity contribution in [3.8, 4) is 11.1 Å². The summed E-state index contributed by atoms with van der Waals surface area (Å²) in [5, 5.41) is 9.34. The van der Waals surface area contributed by atoms with Gasteiger partial charge in [-0.05, 0) is 29.5 Å². The number of aromatic nitrogens is 1. The fraction of sp³-hybridized carbons (Fsp3) is 0.429. The molecule has 1 amide bonds. The highest BCUT2D eigenvalue weighted by molar-refractivity contribution is 5.99. The van der Waals surface area contributed by atoms with Crippen molar-refractivity contribution in [1.29, 1.82) is 0 Å². The third kappa shape index (κ3) is 4.35. The lowest BCUT2D eigenvalue weighted by Gasteiger charge is -2.26. The first-order chi connectivity index (χ1) is 13.2. The molecule has 1 N–H and O–H groups in total. The van der Waals surface area contributed by atoms with Crippen molar-refractivity contribution in [3.05, 3.63) is 47.5 Å².